The smallest absolute Gasteiger partial charge is 0.303 e. The SMILES string of the molecule is CCCNc1cc(Cl)cc(COc2c(Cl)cc(CCC(=O)O)cc2Cl)c1F. The average Bonchev–Trinajstić information content (AvgIpc) is 2.60. The molecule has 0 saturated carbocycles. The molecular formula is C19H19Cl3FNO3. The molecule has 0 unspecified atom stereocenters. The number of anilines is 1. The van der Waals surface area contributed by atoms with Crippen LogP contribution in [-0.4, -0.2) is 17.6 Å². The molecule has 0 radical (unpaired) electrons. The fourth-order valence-corrected chi connectivity index (χ4v) is 3.32. The van der Waals surface area contributed by atoms with Gasteiger partial charge in [0.25, 0.3) is 0 Å². The summed E-state index contributed by atoms with van der Waals surface area (Å²) in [5, 5.41) is 12.6. The highest BCUT2D eigenvalue weighted by molar-refractivity contribution is 6.37. The van der Waals surface area contributed by atoms with E-state index in [-0.39, 0.29) is 34.4 Å². The van der Waals surface area contributed by atoms with Crippen LogP contribution >= 0.6 is 34.8 Å². The van der Waals surface area contributed by atoms with Gasteiger partial charge in [0.1, 0.15) is 6.61 Å². The number of carbonyl (C=O) groups is 1. The standard InChI is InChI=1S/C19H19Cl3FNO3/c1-2-5-24-16-9-13(20)8-12(18(16)23)10-27-19-14(21)6-11(7-15(19)22)3-4-17(25)26/h6-9,24H,2-5,10H2,1H3,(H,25,26). The first kappa shape index (κ1) is 21.6. The van der Waals surface area contributed by atoms with Gasteiger partial charge in [-0.25, -0.2) is 4.39 Å². The molecule has 8 heteroatoms. The number of halogens is 4. The molecule has 4 nitrogen and oxygen atoms in total. The van der Waals surface area contributed by atoms with Crippen LogP contribution in [-0.2, 0) is 17.8 Å². The van der Waals surface area contributed by atoms with Crippen LogP contribution in [0.25, 0.3) is 0 Å². The van der Waals surface area contributed by atoms with Gasteiger partial charge in [0, 0.05) is 23.6 Å². The molecule has 2 aromatic carbocycles. The molecule has 0 saturated heterocycles. The fourth-order valence-electron chi connectivity index (χ4n) is 2.43. The quantitative estimate of drug-likeness (QED) is 0.493. The largest absolute Gasteiger partial charge is 0.486 e. The molecule has 0 aliphatic rings. The molecular weight excluding hydrogens is 416 g/mol. The maximum Gasteiger partial charge on any atom is 0.303 e. The van der Waals surface area contributed by atoms with Gasteiger partial charge in [0.15, 0.2) is 11.6 Å². The van der Waals surface area contributed by atoms with Gasteiger partial charge < -0.3 is 15.2 Å². The predicted octanol–water partition coefficient (Wildman–Crippen LogP) is 6.20. The molecule has 0 atom stereocenters. The Morgan fingerprint density at radius 3 is 2.44 bits per heavy atom. The predicted molar refractivity (Wildman–Crippen MR) is 107 cm³/mol. The Morgan fingerprint density at radius 1 is 1.19 bits per heavy atom. The number of benzene rings is 2. The van der Waals surface area contributed by atoms with Crippen LogP contribution in [0.4, 0.5) is 10.1 Å². The summed E-state index contributed by atoms with van der Waals surface area (Å²) < 4.78 is 20.2. The second-order valence-electron chi connectivity index (χ2n) is 5.92. The lowest BCUT2D eigenvalue weighted by molar-refractivity contribution is -0.136. The van der Waals surface area contributed by atoms with Crippen molar-refractivity contribution in [2.75, 3.05) is 11.9 Å². The molecule has 0 aliphatic carbocycles. The summed E-state index contributed by atoms with van der Waals surface area (Å²) in [5.74, 6) is -1.15. The Labute approximate surface area is 172 Å². The third kappa shape index (κ3) is 6.16. The topological polar surface area (TPSA) is 58.6 Å². The van der Waals surface area contributed by atoms with Crippen molar-refractivity contribution in [1.82, 2.24) is 0 Å². The van der Waals surface area contributed by atoms with E-state index in [1.807, 2.05) is 6.92 Å². The third-order valence-electron chi connectivity index (χ3n) is 3.74. The highest BCUT2D eigenvalue weighted by Crippen LogP contribution is 2.36. The number of carboxylic acid groups (broad SMARTS) is 1. The van der Waals surface area contributed by atoms with Gasteiger partial charge in [0.05, 0.1) is 15.7 Å². The Bertz CT molecular complexity index is 807. The molecule has 0 heterocycles. The Morgan fingerprint density at radius 2 is 1.85 bits per heavy atom. The van der Waals surface area contributed by atoms with Crippen molar-refractivity contribution in [2.45, 2.75) is 32.8 Å². The number of hydrogen-bond acceptors (Lipinski definition) is 3. The number of rotatable bonds is 9. The minimum atomic E-state index is -0.911. The molecule has 2 aromatic rings. The van der Waals surface area contributed by atoms with Gasteiger partial charge >= 0.3 is 5.97 Å². The first-order chi connectivity index (χ1) is 12.8. The van der Waals surface area contributed by atoms with Crippen LogP contribution < -0.4 is 10.1 Å². The zero-order valence-corrected chi connectivity index (χ0v) is 16.9. The lowest BCUT2D eigenvalue weighted by Crippen LogP contribution is -2.06. The van der Waals surface area contributed by atoms with Gasteiger partial charge in [0.2, 0.25) is 0 Å². The summed E-state index contributed by atoms with van der Waals surface area (Å²) in [7, 11) is 0. The van der Waals surface area contributed by atoms with Gasteiger partial charge in [-0.2, -0.15) is 0 Å². The van der Waals surface area contributed by atoms with Gasteiger partial charge in [-0.05, 0) is 42.7 Å². The van der Waals surface area contributed by atoms with Crippen LogP contribution in [0.1, 0.15) is 30.9 Å². The van der Waals surface area contributed by atoms with Crippen LogP contribution in [0.15, 0.2) is 24.3 Å². The first-order valence-electron chi connectivity index (χ1n) is 8.36. The van der Waals surface area contributed by atoms with Crippen molar-refractivity contribution >= 4 is 46.5 Å². The van der Waals surface area contributed by atoms with E-state index in [1.54, 1.807) is 12.1 Å². The monoisotopic (exact) mass is 433 g/mol. The third-order valence-corrected chi connectivity index (χ3v) is 4.52. The van der Waals surface area contributed by atoms with Crippen molar-refractivity contribution in [2.24, 2.45) is 0 Å². The molecule has 0 amide bonds. The number of ether oxygens (including phenoxy) is 1. The fraction of sp³-hybridized carbons (Fsp3) is 0.316. The van der Waals surface area contributed by atoms with E-state index in [0.717, 1.165) is 6.42 Å². The highest BCUT2D eigenvalue weighted by Gasteiger charge is 2.15. The van der Waals surface area contributed by atoms with Crippen LogP contribution in [0.5, 0.6) is 5.75 Å². The van der Waals surface area contributed by atoms with E-state index >= 15 is 0 Å². The van der Waals surface area contributed by atoms with E-state index < -0.39 is 11.8 Å². The zero-order chi connectivity index (χ0) is 20.0. The maximum absolute atomic E-state index is 14.6. The van der Waals surface area contributed by atoms with Crippen LogP contribution in [0.2, 0.25) is 15.1 Å². The van der Waals surface area contributed by atoms with Gasteiger partial charge in [-0.3, -0.25) is 4.79 Å². The molecule has 0 spiro atoms. The molecule has 2 rings (SSSR count). The summed E-state index contributed by atoms with van der Waals surface area (Å²) in [6.07, 6.45) is 1.11. The summed E-state index contributed by atoms with van der Waals surface area (Å²) in [6.45, 7) is 2.48. The van der Waals surface area contributed by atoms with E-state index in [2.05, 4.69) is 5.32 Å². The number of hydrogen-bond donors (Lipinski definition) is 2. The summed E-state index contributed by atoms with van der Waals surface area (Å²) in [6, 6.07) is 6.19. The zero-order valence-electron chi connectivity index (χ0n) is 14.6. The lowest BCUT2D eigenvalue weighted by Gasteiger charge is -2.14. The van der Waals surface area contributed by atoms with Crippen LogP contribution in [0, 0.1) is 5.82 Å². The Kier molecular flexibility index (Phi) is 8.02. The van der Waals surface area contributed by atoms with Crippen molar-refractivity contribution in [3.63, 3.8) is 0 Å². The second-order valence-corrected chi connectivity index (χ2v) is 7.18. The van der Waals surface area contributed by atoms with Crippen molar-refractivity contribution in [1.29, 1.82) is 0 Å². The summed E-state index contributed by atoms with van der Waals surface area (Å²) >= 11 is 18.5. The van der Waals surface area contributed by atoms with Crippen molar-refractivity contribution in [3.8, 4) is 5.75 Å². The van der Waals surface area contributed by atoms with Crippen molar-refractivity contribution < 1.29 is 19.0 Å². The maximum atomic E-state index is 14.6. The molecule has 0 aromatic heterocycles. The minimum Gasteiger partial charge on any atom is -0.486 e. The molecule has 0 fully saturated rings. The van der Waals surface area contributed by atoms with E-state index in [9.17, 15) is 9.18 Å². The molecule has 2 N–H and O–H groups in total. The number of aliphatic carboxylic acids is 1. The van der Waals surface area contributed by atoms with Gasteiger partial charge in [-0.1, -0.05) is 41.7 Å². The number of carboxylic acids is 1. The number of aryl methyl sites for hydroxylation is 1. The first-order valence-corrected chi connectivity index (χ1v) is 9.49. The summed E-state index contributed by atoms with van der Waals surface area (Å²) in [4.78, 5) is 10.7. The minimum absolute atomic E-state index is 0.0336. The van der Waals surface area contributed by atoms with Crippen LogP contribution in [0.3, 0.4) is 0 Å². The Balaban J connectivity index is 2.16. The van der Waals surface area contributed by atoms with Gasteiger partial charge in [-0.15, -0.1) is 0 Å². The molecule has 27 heavy (non-hydrogen) atoms. The molecule has 0 aliphatic heterocycles. The number of nitrogens with one attached hydrogen (secondary N) is 1. The Hall–Kier alpha value is -1.69. The highest BCUT2D eigenvalue weighted by atomic mass is 35.5. The van der Waals surface area contributed by atoms with Crippen molar-refractivity contribution in [3.05, 3.63) is 56.3 Å². The van der Waals surface area contributed by atoms with E-state index in [4.69, 9.17) is 44.6 Å². The summed E-state index contributed by atoms with van der Waals surface area (Å²) in [5.41, 5.74) is 1.26. The normalized spacial score (nSPS) is 10.7. The molecule has 0 bridgehead atoms. The van der Waals surface area contributed by atoms with E-state index in [1.165, 1.54) is 12.1 Å². The van der Waals surface area contributed by atoms with E-state index in [0.29, 0.717) is 29.2 Å². The molecule has 146 valence electrons. The lowest BCUT2D eigenvalue weighted by atomic mass is 10.1. The second kappa shape index (κ2) is 10.0. The average molecular weight is 435 g/mol.